The molecule has 4 aromatic rings. The second kappa shape index (κ2) is 8.42. The van der Waals surface area contributed by atoms with Gasteiger partial charge in [0.2, 0.25) is 0 Å². The van der Waals surface area contributed by atoms with Crippen LogP contribution in [0, 0.1) is 13.8 Å². The Balaban J connectivity index is 1.64. The van der Waals surface area contributed by atoms with Crippen molar-refractivity contribution < 1.29 is 0 Å². The molecule has 0 saturated carbocycles. The first kappa shape index (κ1) is 20.2. The Morgan fingerprint density at radius 2 is 1.65 bits per heavy atom. The summed E-state index contributed by atoms with van der Waals surface area (Å²) in [5, 5.41) is 18.9. The maximum Gasteiger partial charge on any atom is 0.184 e. The summed E-state index contributed by atoms with van der Waals surface area (Å²) in [5.74, 6) is 0.812. The van der Waals surface area contributed by atoms with Crippen molar-refractivity contribution in [1.29, 1.82) is 0 Å². The van der Waals surface area contributed by atoms with E-state index in [-0.39, 0.29) is 0 Å². The number of hydrogen-bond acceptors (Lipinski definition) is 5. The maximum absolute atomic E-state index is 6.98. The Hall–Kier alpha value is -2.74. The summed E-state index contributed by atoms with van der Waals surface area (Å²) in [6, 6.07) is 14.1. The molecule has 5 rings (SSSR count). The second-order valence-corrected chi connectivity index (χ2v) is 8.40. The molecule has 1 fully saturated rings. The van der Waals surface area contributed by atoms with Gasteiger partial charge in [-0.3, -0.25) is 4.90 Å². The first-order valence-electron chi connectivity index (χ1n) is 10.7. The van der Waals surface area contributed by atoms with Gasteiger partial charge in [-0.2, -0.15) is 5.10 Å². The van der Waals surface area contributed by atoms with Crippen LogP contribution in [0.3, 0.4) is 0 Å². The highest BCUT2D eigenvalue weighted by molar-refractivity contribution is 6.38. The van der Waals surface area contributed by atoms with Crippen LogP contribution in [0.25, 0.3) is 28.1 Å². The van der Waals surface area contributed by atoms with E-state index in [9.17, 15) is 0 Å². The Morgan fingerprint density at radius 3 is 2.35 bits per heavy atom. The lowest BCUT2D eigenvalue weighted by Crippen LogP contribution is -2.44. The van der Waals surface area contributed by atoms with Crippen LogP contribution in [0.1, 0.15) is 11.4 Å². The van der Waals surface area contributed by atoms with Gasteiger partial charge in [0.1, 0.15) is 5.69 Å². The minimum absolute atomic E-state index is 0.590. The molecule has 0 aliphatic carbocycles. The quantitative estimate of drug-likeness (QED) is 0.520. The summed E-state index contributed by atoms with van der Waals surface area (Å²) in [7, 11) is 0. The molecule has 4 heterocycles. The Kier molecular flexibility index (Phi) is 5.48. The Labute approximate surface area is 186 Å². The summed E-state index contributed by atoms with van der Waals surface area (Å²) in [4.78, 5) is 2.45. The van der Waals surface area contributed by atoms with Crippen molar-refractivity contribution in [2.45, 2.75) is 20.4 Å². The highest BCUT2D eigenvalue weighted by Gasteiger charge is 2.23. The number of aromatic nitrogens is 5. The number of hydrogen-bond donors (Lipinski definition) is 1. The molecule has 8 heteroatoms. The van der Waals surface area contributed by atoms with Crippen molar-refractivity contribution in [3.8, 4) is 17.1 Å². The fraction of sp³-hybridized carbons (Fsp3) is 0.348. The third-order valence-electron chi connectivity index (χ3n) is 5.95. The number of rotatable bonds is 5. The molecule has 1 aliphatic heterocycles. The monoisotopic (exact) mass is 435 g/mol. The van der Waals surface area contributed by atoms with Crippen molar-refractivity contribution in [2.24, 2.45) is 0 Å². The smallest absolute Gasteiger partial charge is 0.184 e. The highest BCUT2D eigenvalue weighted by atomic mass is 35.5. The van der Waals surface area contributed by atoms with Gasteiger partial charge in [0.05, 0.1) is 17.0 Å². The number of benzene rings is 1. The molecule has 160 valence electrons. The number of nitrogens with one attached hydrogen (secondary N) is 1. The average Bonchev–Trinajstić information content (AvgIpc) is 3.33. The molecule has 1 aromatic carbocycles. The van der Waals surface area contributed by atoms with E-state index < -0.39 is 0 Å². The number of piperazine rings is 1. The summed E-state index contributed by atoms with van der Waals surface area (Å²) < 4.78 is 4.10. The van der Waals surface area contributed by atoms with E-state index in [1.54, 1.807) is 0 Å². The van der Waals surface area contributed by atoms with Crippen LogP contribution in [0.4, 0.5) is 0 Å². The van der Waals surface area contributed by atoms with Crippen LogP contribution >= 0.6 is 11.6 Å². The van der Waals surface area contributed by atoms with E-state index in [1.165, 1.54) is 0 Å². The van der Waals surface area contributed by atoms with E-state index >= 15 is 0 Å². The molecule has 0 amide bonds. The summed E-state index contributed by atoms with van der Waals surface area (Å²) in [5.41, 5.74) is 4.57. The predicted octanol–water partition coefficient (Wildman–Crippen LogP) is 3.46. The molecule has 1 N–H and O–H groups in total. The van der Waals surface area contributed by atoms with E-state index in [1.807, 2.05) is 35.0 Å². The normalized spacial score (nSPS) is 15.1. The molecular formula is C23H26ClN7. The molecule has 0 atom stereocenters. The molecule has 0 radical (unpaired) electrons. The number of aryl methyl sites for hydroxylation is 2. The van der Waals surface area contributed by atoms with Gasteiger partial charge in [-0.25, -0.2) is 4.68 Å². The van der Waals surface area contributed by atoms with Gasteiger partial charge in [0.25, 0.3) is 0 Å². The van der Waals surface area contributed by atoms with E-state index in [0.29, 0.717) is 10.7 Å². The second-order valence-electron chi connectivity index (χ2n) is 8.02. The highest BCUT2D eigenvalue weighted by Crippen LogP contribution is 2.35. The number of fused-ring (bicyclic) bond motifs is 1. The summed E-state index contributed by atoms with van der Waals surface area (Å²) in [6.07, 6.45) is 0. The predicted molar refractivity (Wildman–Crippen MR) is 124 cm³/mol. The molecular weight excluding hydrogens is 410 g/mol. The van der Waals surface area contributed by atoms with Crippen molar-refractivity contribution >= 4 is 22.6 Å². The lowest BCUT2D eigenvalue weighted by atomic mass is 10.1. The van der Waals surface area contributed by atoms with Gasteiger partial charge in [-0.1, -0.05) is 41.9 Å². The van der Waals surface area contributed by atoms with Crippen LogP contribution in [0.5, 0.6) is 0 Å². The van der Waals surface area contributed by atoms with Gasteiger partial charge in [0, 0.05) is 49.7 Å². The number of nitrogens with zero attached hydrogens (tertiary/aromatic N) is 6. The lowest BCUT2D eigenvalue weighted by molar-refractivity contribution is 0.230. The summed E-state index contributed by atoms with van der Waals surface area (Å²) in [6.45, 7) is 9.97. The van der Waals surface area contributed by atoms with Crippen molar-refractivity contribution in [3.05, 3.63) is 58.9 Å². The zero-order valence-corrected chi connectivity index (χ0v) is 18.6. The first-order chi connectivity index (χ1) is 15.1. The van der Waals surface area contributed by atoms with Crippen molar-refractivity contribution in [1.82, 2.24) is 34.8 Å². The average molecular weight is 436 g/mol. The third-order valence-corrected chi connectivity index (χ3v) is 6.32. The van der Waals surface area contributed by atoms with E-state index in [2.05, 4.69) is 51.0 Å². The number of halogens is 1. The molecule has 0 bridgehead atoms. The fourth-order valence-corrected chi connectivity index (χ4v) is 4.58. The van der Waals surface area contributed by atoms with Gasteiger partial charge < -0.3 is 9.88 Å². The molecule has 0 unspecified atom stereocenters. The SMILES string of the molecule is Cc1ccc(C)n1-c1nn(CCN2CCNCC2)c2nnc(-c3ccccc3)c(Cl)c12. The van der Waals surface area contributed by atoms with Gasteiger partial charge in [0.15, 0.2) is 11.5 Å². The van der Waals surface area contributed by atoms with E-state index in [4.69, 9.17) is 16.7 Å². The molecule has 0 spiro atoms. The standard InChI is InChI=1S/C23H26ClN7/c1-16-8-9-17(2)31(16)23-19-20(24)21(18-6-4-3-5-7-18)26-27-22(19)30(28-23)15-14-29-12-10-25-11-13-29/h3-9,25H,10-15H2,1-2H3. The zero-order chi connectivity index (χ0) is 21.4. The van der Waals surface area contributed by atoms with Gasteiger partial charge in [-0.05, 0) is 26.0 Å². The van der Waals surface area contributed by atoms with E-state index in [0.717, 1.165) is 73.1 Å². The van der Waals surface area contributed by atoms with Crippen LogP contribution in [-0.2, 0) is 6.54 Å². The first-order valence-corrected chi connectivity index (χ1v) is 11.1. The third kappa shape index (κ3) is 3.73. The Bertz CT molecular complexity index is 1190. The minimum atomic E-state index is 0.590. The zero-order valence-electron chi connectivity index (χ0n) is 17.8. The van der Waals surface area contributed by atoms with Crippen LogP contribution in [0.15, 0.2) is 42.5 Å². The van der Waals surface area contributed by atoms with Crippen molar-refractivity contribution in [2.75, 3.05) is 32.7 Å². The van der Waals surface area contributed by atoms with Crippen LogP contribution < -0.4 is 5.32 Å². The lowest BCUT2D eigenvalue weighted by Gasteiger charge is -2.26. The maximum atomic E-state index is 6.98. The van der Waals surface area contributed by atoms with Crippen molar-refractivity contribution in [3.63, 3.8) is 0 Å². The van der Waals surface area contributed by atoms with Crippen LogP contribution in [-0.4, -0.2) is 62.2 Å². The molecule has 1 aliphatic rings. The van der Waals surface area contributed by atoms with Gasteiger partial charge >= 0.3 is 0 Å². The fourth-order valence-electron chi connectivity index (χ4n) is 4.26. The summed E-state index contributed by atoms with van der Waals surface area (Å²) >= 11 is 6.98. The molecule has 3 aromatic heterocycles. The molecule has 7 nitrogen and oxygen atoms in total. The van der Waals surface area contributed by atoms with Gasteiger partial charge in [-0.15, -0.1) is 10.2 Å². The van der Waals surface area contributed by atoms with Crippen LogP contribution in [0.2, 0.25) is 5.02 Å². The Morgan fingerprint density at radius 1 is 0.935 bits per heavy atom. The molecule has 31 heavy (non-hydrogen) atoms. The minimum Gasteiger partial charge on any atom is -0.314 e. The topological polar surface area (TPSA) is 63.8 Å². The molecule has 1 saturated heterocycles. The largest absolute Gasteiger partial charge is 0.314 e.